The number of nitrogens with zero attached hydrogens (tertiary/aromatic N) is 1. The van der Waals surface area contributed by atoms with Gasteiger partial charge in [0.1, 0.15) is 5.69 Å². The lowest BCUT2D eigenvalue weighted by atomic mass is 9.95. The fourth-order valence-electron chi connectivity index (χ4n) is 3.43. The Hall–Kier alpha value is -1.78. The topological polar surface area (TPSA) is 62.4 Å². The molecule has 0 aromatic carbocycles. The van der Waals surface area contributed by atoms with Crippen LogP contribution in [0.4, 0.5) is 0 Å². The van der Waals surface area contributed by atoms with E-state index < -0.39 is 5.97 Å². The summed E-state index contributed by atoms with van der Waals surface area (Å²) in [5.74, 6) is -0.386. The summed E-state index contributed by atoms with van der Waals surface area (Å²) in [6.07, 6.45) is 3.22. The van der Waals surface area contributed by atoms with E-state index in [0.717, 1.165) is 25.0 Å². The molecule has 5 nitrogen and oxygen atoms in total. The quantitative estimate of drug-likeness (QED) is 0.872. The monoisotopic (exact) mass is 306 g/mol. The predicted octanol–water partition coefficient (Wildman–Crippen LogP) is 3.21. The summed E-state index contributed by atoms with van der Waals surface area (Å²) < 4.78 is 5.05. The van der Waals surface area contributed by atoms with Crippen molar-refractivity contribution in [3.63, 3.8) is 0 Å². The van der Waals surface area contributed by atoms with Gasteiger partial charge in [0.15, 0.2) is 0 Å². The first kappa shape index (κ1) is 16.6. The van der Waals surface area contributed by atoms with Crippen molar-refractivity contribution in [3.8, 4) is 0 Å². The first-order valence-corrected chi connectivity index (χ1v) is 8.07. The number of rotatable bonds is 3. The van der Waals surface area contributed by atoms with Gasteiger partial charge in [-0.25, -0.2) is 4.79 Å². The molecule has 5 heteroatoms. The van der Waals surface area contributed by atoms with E-state index in [1.165, 1.54) is 0 Å². The van der Waals surface area contributed by atoms with Crippen molar-refractivity contribution in [2.45, 2.75) is 66.0 Å². The van der Waals surface area contributed by atoms with E-state index in [1.54, 1.807) is 6.92 Å². The van der Waals surface area contributed by atoms with Crippen molar-refractivity contribution in [1.29, 1.82) is 0 Å². The Balaban J connectivity index is 2.36. The lowest BCUT2D eigenvalue weighted by Crippen LogP contribution is -2.47. The number of hydrogen-bond donors (Lipinski definition) is 1. The van der Waals surface area contributed by atoms with Gasteiger partial charge in [-0.1, -0.05) is 0 Å². The van der Waals surface area contributed by atoms with Gasteiger partial charge in [-0.2, -0.15) is 0 Å². The normalized spacial score (nSPS) is 21.8. The maximum Gasteiger partial charge on any atom is 0.355 e. The molecule has 1 aliphatic heterocycles. The lowest BCUT2D eigenvalue weighted by molar-refractivity contribution is 0.0509. The highest BCUT2D eigenvalue weighted by atomic mass is 16.5. The minimum absolute atomic E-state index is 0.0153. The number of hydrogen-bond acceptors (Lipinski definition) is 3. The smallest absolute Gasteiger partial charge is 0.355 e. The number of nitrogens with one attached hydrogen (secondary N) is 1. The molecule has 0 spiro atoms. The highest BCUT2D eigenvalue weighted by Gasteiger charge is 2.33. The molecular weight excluding hydrogens is 280 g/mol. The molecule has 0 bridgehead atoms. The zero-order valence-corrected chi connectivity index (χ0v) is 14.2. The Morgan fingerprint density at radius 3 is 2.36 bits per heavy atom. The van der Waals surface area contributed by atoms with Gasteiger partial charge in [0.2, 0.25) is 0 Å². The van der Waals surface area contributed by atoms with Gasteiger partial charge >= 0.3 is 5.97 Å². The number of amides is 1. The number of aromatic nitrogens is 1. The van der Waals surface area contributed by atoms with Gasteiger partial charge in [-0.15, -0.1) is 0 Å². The number of aryl methyl sites for hydroxylation is 1. The Morgan fingerprint density at radius 1 is 1.23 bits per heavy atom. The molecule has 2 unspecified atom stereocenters. The number of carbonyl (C=O) groups is 2. The zero-order chi connectivity index (χ0) is 16.4. The third-order valence-corrected chi connectivity index (χ3v) is 4.56. The number of likely N-dealkylation sites (tertiary alicyclic amines) is 1. The summed E-state index contributed by atoms with van der Waals surface area (Å²) in [7, 11) is 0. The largest absolute Gasteiger partial charge is 0.461 e. The van der Waals surface area contributed by atoms with Gasteiger partial charge in [-0.3, -0.25) is 4.79 Å². The highest BCUT2D eigenvalue weighted by molar-refractivity contribution is 6.01. The number of esters is 1. The minimum Gasteiger partial charge on any atom is -0.461 e. The Kier molecular flexibility index (Phi) is 4.94. The number of piperidine rings is 1. The molecule has 0 saturated carbocycles. The number of carbonyl (C=O) groups excluding carboxylic acids is 2. The molecule has 2 atom stereocenters. The predicted molar refractivity (Wildman–Crippen MR) is 85.2 cm³/mol. The van der Waals surface area contributed by atoms with E-state index in [1.807, 2.05) is 18.7 Å². The van der Waals surface area contributed by atoms with Gasteiger partial charge < -0.3 is 14.6 Å². The summed E-state index contributed by atoms with van der Waals surface area (Å²) in [4.78, 5) is 30.0. The molecule has 122 valence electrons. The Morgan fingerprint density at radius 2 is 1.82 bits per heavy atom. The zero-order valence-electron chi connectivity index (χ0n) is 14.2. The number of aromatic amines is 1. The van der Waals surface area contributed by atoms with Crippen LogP contribution in [0.25, 0.3) is 0 Å². The van der Waals surface area contributed by atoms with Crippen LogP contribution in [-0.4, -0.2) is 40.5 Å². The average molecular weight is 306 g/mol. The van der Waals surface area contributed by atoms with Gasteiger partial charge in [0.05, 0.1) is 12.2 Å². The Bertz CT molecular complexity index is 567. The maximum atomic E-state index is 13.0. The highest BCUT2D eigenvalue weighted by Crippen LogP contribution is 2.28. The average Bonchev–Trinajstić information content (AvgIpc) is 2.74. The third kappa shape index (κ3) is 2.89. The van der Waals surface area contributed by atoms with Crippen LogP contribution in [0.5, 0.6) is 0 Å². The van der Waals surface area contributed by atoms with Crippen LogP contribution < -0.4 is 0 Å². The maximum absolute atomic E-state index is 13.0. The second-order valence-corrected chi connectivity index (χ2v) is 6.19. The molecule has 0 aliphatic carbocycles. The fraction of sp³-hybridized carbons (Fsp3) is 0.647. The van der Waals surface area contributed by atoms with Crippen LogP contribution in [0.3, 0.4) is 0 Å². The molecule has 2 heterocycles. The standard InChI is InChI=1S/C17H26N2O3/c1-6-22-17(21)15-12(4)14(13(5)18-15)16(20)19-10(2)8-7-9-11(19)3/h10-11,18H,6-9H2,1-5H3. The van der Waals surface area contributed by atoms with Crippen LogP contribution in [0.2, 0.25) is 0 Å². The van der Waals surface area contributed by atoms with E-state index in [9.17, 15) is 9.59 Å². The summed E-state index contributed by atoms with van der Waals surface area (Å²) in [6.45, 7) is 9.92. The molecule has 22 heavy (non-hydrogen) atoms. The van der Waals surface area contributed by atoms with E-state index in [-0.39, 0.29) is 18.0 Å². The van der Waals surface area contributed by atoms with Crippen LogP contribution >= 0.6 is 0 Å². The molecular formula is C17H26N2O3. The van der Waals surface area contributed by atoms with E-state index in [2.05, 4.69) is 18.8 Å². The van der Waals surface area contributed by atoms with Crippen molar-refractivity contribution in [3.05, 3.63) is 22.5 Å². The molecule has 1 N–H and O–H groups in total. The molecule has 1 aromatic rings. The second kappa shape index (κ2) is 6.55. The van der Waals surface area contributed by atoms with Crippen molar-refractivity contribution >= 4 is 11.9 Å². The number of ether oxygens (including phenoxy) is 1. The Labute approximate surface area is 132 Å². The van der Waals surface area contributed by atoms with Gasteiger partial charge in [0, 0.05) is 17.8 Å². The lowest BCUT2D eigenvalue weighted by Gasteiger charge is -2.39. The summed E-state index contributed by atoms with van der Waals surface area (Å²) in [6, 6.07) is 0.465. The van der Waals surface area contributed by atoms with Crippen molar-refractivity contribution in [1.82, 2.24) is 9.88 Å². The van der Waals surface area contributed by atoms with E-state index >= 15 is 0 Å². The van der Waals surface area contributed by atoms with Crippen LogP contribution in [0, 0.1) is 13.8 Å². The molecule has 1 fully saturated rings. The van der Waals surface area contributed by atoms with E-state index in [4.69, 9.17) is 4.74 Å². The first-order valence-electron chi connectivity index (χ1n) is 8.07. The summed E-state index contributed by atoms with van der Waals surface area (Å²) in [5, 5.41) is 0. The van der Waals surface area contributed by atoms with Gasteiger partial charge in [0.25, 0.3) is 5.91 Å². The van der Waals surface area contributed by atoms with Crippen molar-refractivity contribution < 1.29 is 14.3 Å². The van der Waals surface area contributed by atoms with Crippen LogP contribution in [-0.2, 0) is 4.74 Å². The number of H-pyrrole nitrogens is 1. The SMILES string of the molecule is CCOC(=O)c1[nH]c(C)c(C(=O)N2C(C)CCCC2C)c1C. The third-order valence-electron chi connectivity index (χ3n) is 4.56. The minimum atomic E-state index is -0.401. The molecule has 0 radical (unpaired) electrons. The molecule has 1 aromatic heterocycles. The molecule has 1 amide bonds. The fourth-order valence-corrected chi connectivity index (χ4v) is 3.43. The van der Waals surface area contributed by atoms with Crippen LogP contribution in [0.15, 0.2) is 0 Å². The summed E-state index contributed by atoms with van der Waals surface area (Å²) >= 11 is 0. The van der Waals surface area contributed by atoms with E-state index in [0.29, 0.717) is 23.4 Å². The molecule has 2 rings (SSSR count). The first-order chi connectivity index (χ1) is 10.4. The second-order valence-electron chi connectivity index (χ2n) is 6.19. The van der Waals surface area contributed by atoms with Crippen molar-refractivity contribution in [2.75, 3.05) is 6.61 Å². The summed E-state index contributed by atoms with van der Waals surface area (Å²) in [5.41, 5.74) is 2.42. The molecule has 1 aliphatic rings. The van der Waals surface area contributed by atoms with Crippen LogP contribution in [0.1, 0.15) is 72.1 Å². The van der Waals surface area contributed by atoms with Gasteiger partial charge in [-0.05, 0) is 59.4 Å². The van der Waals surface area contributed by atoms with Crippen molar-refractivity contribution in [2.24, 2.45) is 0 Å². The molecule has 1 saturated heterocycles.